The van der Waals surface area contributed by atoms with Crippen LogP contribution in [0, 0.1) is 0 Å². The Balaban J connectivity index is 2.49. The van der Waals surface area contributed by atoms with Crippen LogP contribution < -0.4 is 9.88 Å². The van der Waals surface area contributed by atoms with E-state index in [1.165, 1.54) is 6.07 Å². The Morgan fingerprint density at radius 3 is 2.78 bits per heavy atom. The van der Waals surface area contributed by atoms with Crippen LogP contribution in [-0.4, -0.2) is 26.1 Å². The van der Waals surface area contributed by atoms with Crippen molar-refractivity contribution in [3.05, 3.63) is 24.3 Å². The summed E-state index contributed by atoms with van der Waals surface area (Å²) in [6.07, 6.45) is 0. The molecule has 96 valence electrons. The van der Waals surface area contributed by atoms with Crippen LogP contribution >= 0.6 is 11.3 Å². The van der Waals surface area contributed by atoms with E-state index in [0.717, 1.165) is 11.3 Å². The van der Waals surface area contributed by atoms with Gasteiger partial charge in [0.05, 0.1) is 4.70 Å². The molecule has 0 aliphatic rings. The molecule has 2 aromatic rings. The molecule has 0 saturated heterocycles. The molecule has 0 fully saturated rings. The molecule has 0 aliphatic carbocycles. The van der Waals surface area contributed by atoms with E-state index in [4.69, 9.17) is 15.0 Å². The average molecular weight is 287 g/mol. The van der Waals surface area contributed by atoms with Gasteiger partial charge < -0.3 is 9.84 Å². The summed E-state index contributed by atoms with van der Waals surface area (Å²) in [7, 11) is -3.77. The predicted octanol–water partition coefficient (Wildman–Crippen LogP) is 1.01. The molecular weight excluding hydrogens is 278 g/mol. The topological polar surface area (TPSA) is 107 Å². The highest BCUT2D eigenvalue weighted by Gasteiger charge is 2.15. The van der Waals surface area contributed by atoms with Crippen molar-refractivity contribution in [2.75, 3.05) is 6.61 Å². The molecule has 0 aliphatic heterocycles. The second-order valence-electron chi connectivity index (χ2n) is 3.47. The number of nitrogens with two attached hydrogens (primary N) is 1. The number of rotatable bonds is 4. The number of carboxylic acid groups (broad SMARTS) is 1. The largest absolute Gasteiger partial charge is 0.480 e. The van der Waals surface area contributed by atoms with Crippen LogP contribution in [0.1, 0.15) is 0 Å². The van der Waals surface area contributed by atoms with Crippen LogP contribution in [0.3, 0.4) is 0 Å². The van der Waals surface area contributed by atoms with E-state index in [1.54, 1.807) is 18.2 Å². The lowest BCUT2D eigenvalue weighted by atomic mass is 10.2. The third-order valence-corrected chi connectivity index (χ3v) is 4.70. The van der Waals surface area contributed by atoms with Gasteiger partial charge in [-0.1, -0.05) is 12.1 Å². The number of fused-ring (bicyclic) bond motifs is 1. The molecule has 1 heterocycles. The zero-order chi connectivity index (χ0) is 13.3. The lowest BCUT2D eigenvalue weighted by Gasteiger charge is -2.03. The molecule has 0 atom stereocenters. The molecule has 3 N–H and O–H groups in total. The summed E-state index contributed by atoms with van der Waals surface area (Å²) in [5.41, 5.74) is 0. The van der Waals surface area contributed by atoms with Gasteiger partial charge in [0.25, 0.3) is 0 Å². The van der Waals surface area contributed by atoms with Crippen molar-refractivity contribution in [3.63, 3.8) is 0 Å². The van der Waals surface area contributed by atoms with Gasteiger partial charge in [-0.2, -0.15) is 0 Å². The Bertz CT molecular complexity index is 704. The second kappa shape index (κ2) is 4.56. The number of hydrogen-bond donors (Lipinski definition) is 2. The fourth-order valence-corrected chi connectivity index (χ4v) is 3.27. The SMILES string of the molecule is NS(=O)(=O)c1cc2cccc(OCC(=O)O)c2s1. The number of sulfonamides is 1. The monoisotopic (exact) mass is 287 g/mol. The van der Waals surface area contributed by atoms with E-state index in [-0.39, 0.29) is 4.21 Å². The fraction of sp³-hybridized carbons (Fsp3) is 0.100. The van der Waals surface area contributed by atoms with Gasteiger partial charge in [-0.15, -0.1) is 11.3 Å². The molecule has 0 bridgehead atoms. The van der Waals surface area contributed by atoms with Gasteiger partial charge in [-0.3, -0.25) is 0 Å². The average Bonchev–Trinajstić information content (AvgIpc) is 2.69. The molecule has 0 amide bonds. The van der Waals surface area contributed by atoms with Crippen LogP contribution in [-0.2, 0) is 14.8 Å². The van der Waals surface area contributed by atoms with E-state index in [2.05, 4.69) is 0 Å². The van der Waals surface area contributed by atoms with Crippen molar-refractivity contribution >= 4 is 37.4 Å². The minimum absolute atomic E-state index is 0.0175. The first-order valence-corrected chi connectivity index (χ1v) is 7.14. The van der Waals surface area contributed by atoms with Crippen molar-refractivity contribution in [3.8, 4) is 5.75 Å². The first-order valence-electron chi connectivity index (χ1n) is 4.78. The number of ether oxygens (including phenoxy) is 1. The molecular formula is C10H9NO5S2. The summed E-state index contributed by atoms with van der Waals surface area (Å²) in [6.45, 7) is -0.484. The Morgan fingerprint density at radius 2 is 2.17 bits per heavy atom. The third-order valence-electron chi connectivity index (χ3n) is 2.12. The van der Waals surface area contributed by atoms with Crippen molar-refractivity contribution < 1.29 is 23.1 Å². The molecule has 0 unspecified atom stereocenters. The summed E-state index contributed by atoms with van der Waals surface area (Å²) < 4.78 is 28.1. The normalized spacial score (nSPS) is 11.6. The van der Waals surface area contributed by atoms with Crippen molar-refractivity contribution in [2.24, 2.45) is 5.14 Å². The highest BCUT2D eigenvalue weighted by atomic mass is 32.2. The van der Waals surface area contributed by atoms with Crippen LogP contribution in [0.5, 0.6) is 5.75 Å². The Hall–Kier alpha value is -1.64. The first-order chi connectivity index (χ1) is 8.38. The van der Waals surface area contributed by atoms with Crippen molar-refractivity contribution in [1.82, 2.24) is 0 Å². The van der Waals surface area contributed by atoms with Crippen LogP contribution in [0.15, 0.2) is 28.5 Å². The fourth-order valence-electron chi connectivity index (χ4n) is 1.41. The number of carboxylic acids is 1. The summed E-state index contributed by atoms with van der Waals surface area (Å²) >= 11 is 0.952. The quantitative estimate of drug-likeness (QED) is 0.872. The molecule has 8 heteroatoms. The lowest BCUT2D eigenvalue weighted by Crippen LogP contribution is -2.09. The lowest BCUT2D eigenvalue weighted by molar-refractivity contribution is -0.139. The number of thiophene rings is 1. The smallest absolute Gasteiger partial charge is 0.341 e. The highest BCUT2D eigenvalue weighted by molar-refractivity contribution is 7.91. The van der Waals surface area contributed by atoms with Crippen molar-refractivity contribution in [1.29, 1.82) is 0 Å². The van der Waals surface area contributed by atoms with E-state index in [0.29, 0.717) is 15.8 Å². The van der Waals surface area contributed by atoms with Crippen molar-refractivity contribution in [2.45, 2.75) is 4.21 Å². The Kier molecular flexibility index (Phi) is 3.24. The number of primary sulfonamides is 1. The van der Waals surface area contributed by atoms with Crippen LogP contribution in [0.4, 0.5) is 0 Å². The maximum atomic E-state index is 11.2. The Morgan fingerprint density at radius 1 is 1.44 bits per heavy atom. The summed E-state index contributed by atoms with van der Waals surface area (Å²) in [5, 5.41) is 14.2. The first kappa shape index (κ1) is 12.8. The summed E-state index contributed by atoms with van der Waals surface area (Å²) in [4.78, 5) is 10.4. The predicted molar refractivity (Wildman–Crippen MR) is 66.3 cm³/mol. The zero-order valence-electron chi connectivity index (χ0n) is 8.99. The summed E-state index contributed by atoms with van der Waals surface area (Å²) in [5.74, 6) is -0.773. The molecule has 0 spiro atoms. The molecule has 1 aromatic carbocycles. The summed E-state index contributed by atoms with van der Waals surface area (Å²) in [6, 6.07) is 6.37. The second-order valence-corrected chi connectivity index (χ2v) is 6.31. The molecule has 1 aromatic heterocycles. The Labute approximate surface area is 107 Å². The van der Waals surface area contributed by atoms with Crippen LogP contribution in [0.2, 0.25) is 0 Å². The third kappa shape index (κ3) is 2.61. The maximum absolute atomic E-state index is 11.2. The molecule has 18 heavy (non-hydrogen) atoms. The minimum Gasteiger partial charge on any atom is -0.480 e. The van der Waals surface area contributed by atoms with Gasteiger partial charge in [-0.25, -0.2) is 18.4 Å². The van der Waals surface area contributed by atoms with Gasteiger partial charge in [0.15, 0.2) is 6.61 Å². The maximum Gasteiger partial charge on any atom is 0.341 e. The van der Waals surface area contributed by atoms with Gasteiger partial charge in [0.2, 0.25) is 10.0 Å². The number of aliphatic carboxylic acids is 1. The zero-order valence-corrected chi connectivity index (χ0v) is 10.6. The number of hydrogen-bond acceptors (Lipinski definition) is 5. The van der Waals surface area contributed by atoms with E-state index < -0.39 is 22.6 Å². The van der Waals surface area contributed by atoms with Gasteiger partial charge in [0, 0.05) is 0 Å². The molecule has 0 radical (unpaired) electrons. The molecule has 0 saturated carbocycles. The minimum atomic E-state index is -3.77. The number of carbonyl (C=O) groups is 1. The van der Waals surface area contributed by atoms with Gasteiger partial charge in [0.1, 0.15) is 9.96 Å². The standard InChI is InChI=1S/C10H9NO5S2/c11-18(14,15)9-4-6-2-1-3-7(10(6)17-9)16-5-8(12)13/h1-4H,5H2,(H,12,13)(H2,11,14,15). The highest BCUT2D eigenvalue weighted by Crippen LogP contribution is 2.35. The number of benzene rings is 1. The molecule has 6 nitrogen and oxygen atoms in total. The van der Waals surface area contributed by atoms with E-state index in [9.17, 15) is 13.2 Å². The van der Waals surface area contributed by atoms with E-state index >= 15 is 0 Å². The van der Waals surface area contributed by atoms with Crippen LogP contribution in [0.25, 0.3) is 10.1 Å². The van der Waals surface area contributed by atoms with E-state index in [1.807, 2.05) is 0 Å². The van der Waals surface area contributed by atoms with Gasteiger partial charge >= 0.3 is 5.97 Å². The molecule has 2 rings (SSSR count). The van der Waals surface area contributed by atoms with Gasteiger partial charge in [-0.05, 0) is 17.5 Å².